The van der Waals surface area contributed by atoms with Gasteiger partial charge in [-0.2, -0.15) is 0 Å². The Balaban J connectivity index is 2.38. The third-order valence-corrected chi connectivity index (χ3v) is 11.4. The maximum Gasteiger partial charge on any atom is 0.184 e. The van der Waals surface area contributed by atoms with Crippen molar-refractivity contribution in [3.05, 3.63) is 29.8 Å². The Morgan fingerprint density at radius 3 is 1.29 bits per heavy atom. The topological polar surface area (TPSA) is 190 Å². The molecular formula is C37H66O11. The van der Waals surface area contributed by atoms with Crippen molar-refractivity contribution in [2.24, 2.45) is 27.1 Å². The highest BCUT2D eigenvalue weighted by molar-refractivity contribution is 5.28. The van der Waals surface area contributed by atoms with Crippen LogP contribution in [0.15, 0.2) is 24.3 Å². The fourth-order valence-electron chi connectivity index (χ4n) is 5.86. The Hall–Kier alpha value is -1.38. The van der Waals surface area contributed by atoms with Crippen LogP contribution in [0.4, 0.5) is 0 Å². The van der Waals surface area contributed by atoms with E-state index in [-0.39, 0.29) is 38.9 Å². The molecule has 11 heteroatoms. The van der Waals surface area contributed by atoms with Crippen LogP contribution in [0.5, 0.6) is 5.75 Å². The van der Waals surface area contributed by atoms with E-state index in [1.165, 1.54) is 0 Å². The predicted molar refractivity (Wildman–Crippen MR) is 183 cm³/mol. The van der Waals surface area contributed by atoms with E-state index in [0.717, 1.165) is 0 Å². The molecule has 9 atom stereocenters. The minimum atomic E-state index is -1.10. The summed E-state index contributed by atoms with van der Waals surface area (Å²) in [4.78, 5) is 0. The van der Waals surface area contributed by atoms with Gasteiger partial charge in [-0.3, -0.25) is 0 Å². The van der Waals surface area contributed by atoms with E-state index >= 15 is 0 Å². The highest BCUT2D eigenvalue weighted by Gasteiger charge is 2.51. The molecule has 11 nitrogen and oxygen atoms in total. The highest BCUT2D eigenvalue weighted by atomic mass is 16.7. The largest absolute Gasteiger partial charge is 0.497 e. The minimum absolute atomic E-state index is 0.0411. The van der Waals surface area contributed by atoms with Crippen molar-refractivity contribution in [3.63, 3.8) is 0 Å². The molecule has 1 heterocycles. The summed E-state index contributed by atoms with van der Waals surface area (Å²) in [5, 5.41) is 86.4. The summed E-state index contributed by atoms with van der Waals surface area (Å²) in [7, 11) is 1.57. The van der Waals surface area contributed by atoms with Crippen LogP contribution < -0.4 is 4.74 Å². The summed E-state index contributed by atoms with van der Waals surface area (Å²) >= 11 is 0. The van der Waals surface area contributed by atoms with E-state index in [2.05, 4.69) is 0 Å². The van der Waals surface area contributed by atoms with Gasteiger partial charge >= 0.3 is 0 Å². The number of methoxy groups -OCH3 is 1. The van der Waals surface area contributed by atoms with Gasteiger partial charge in [0, 0.05) is 58.3 Å². The summed E-state index contributed by atoms with van der Waals surface area (Å²) in [6.45, 7) is 17.1. The molecule has 1 aromatic carbocycles. The Labute approximate surface area is 287 Å². The lowest BCUT2D eigenvalue weighted by Gasteiger charge is -2.51. The quantitative estimate of drug-likeness (QED) is 0.113. The zero-order valence-corrected chi connectivity index (χ0v) is 31.1. The van der Waals surface area contributed by atoms with Gasteiger partial charge in [-0.05, 0) is 12.1 Å². The van der Waals surface area contributed by atoms with Crippen LogP contribution >= 0.6 is 0 Å². The lowest BCUT2D eigenvalue weighted by Crippen LogP contribution is -2.55. The molecule has 0 saturated carbocycles. The van der Waals surface area contributed by atoms with Gasteiger partial charge in [0.2, 0.25) is 0 Å². The van der Waals surface area contributed by atoms with E-state index in [1.807, 2.05) is 26.0 Å². The third kappa shape index (κ3) is 9.90. The summed E-state index contributed by atoms with van der Waals surface area (Å²) in [5.41, 5.74) is -3.87. The van der Waals surface area contributed by atoms with Crippen molar-refractivity contribution in [1.29, 1.82) is 0 Å². The first-order valence-electron chi connectivity index (χ1n) is 17.1. The molecule has 2 rings (SSSR count). The van der Waals surface area contributed by atoms with Gasteiger partial charge < -0.3 is 55.1 Å². The molecule has 1 aromatic rings. The van der Waals surface area contributed by atoms with E-state index < -0.39 is 82.2 Å². The number of aliphatic hydroxyl groups is 8. The summed E-state index contributed by atoms with van der Waals surface area (Å²) in [6.07, 6.45) is -8.31. The van der Waals surface area contributed by atoms with Gasteiger partial charge in [-0.25, -0.2) is 0 Å². The molecule has 1 aliphatic heterocycles. The lowest BCUT2D eigenvalue weighted by atomic mass is 9.68. The van der Waals surface area contributed by atoms with Gasteiger partial charge in [-0.1, -0.05) is 81.4 Å². The maximum absolute atomic E-state index is 11.6. The lowest BCUT2D eigenvalue weighted by molar-refractivity contribution is -0.310. The number of hydrogen-bond acceptors (Lipinski definition) is 11. The SMILES string of the molecule is COc1ccc(C2O[C@@H](C[C@H](O)C(C)(C)[C@H](O)C[C@@H](O)C(C)(C)CO)C(C)(C)[C@@H](C[C@@H](O)C(C)(C)[C@@H](O)C[C@H](O)C(C)(C)CO)O2)cc1. The Bertz CT molecular complexity index is 1050. The highest BCUT2D eigenvalue weighted by Crippen LogP contribution is 2.48. The molecule has 0 amide bonds. The molecular weight excluding hydrogens is 620 g/mol. The van der Waals surface area contributed by atoms with Crippen molar-refractivity contribution in [3.8, 4) is 5.75 Å². The second-order valence-corrected chi connectivity index (χ2v) is 17.1. The van der Waals surface area contributed by atoms with E-state index in [1.54, 1.807) is 74.6 Å². The number of aliphatic hydroxyl groups excluding tert-OH is 8. The standard InChI is InChI=1S/C37H66O11/c1-33(2,20-38)24(40)16-26(42)35(5,6)28(44)18-30-37(9,10)31(48-32(47-30)22-12-14-23(46-11)15-13-22)19-29(45)36(7,8)27(43)17-25(41)34(3,4)21-39/h12-15,24-32,38-45H,16-21H2,1-11H3/t24-,25+,26-,27+,28+,29-,30+,31-,32?. The molecule has 0 spiro atoms. The second-order valence-electron chi connectivity index (χ2n) is 17.1. The number of benzene rings is 1. The van der Waals surface area contributed by atoms with Crippen molar-refractivity contribution < 1.29 is 55.1 Å². The van der Waals surface area contributed by atoms with E-state index in [4.69, 9.17) is 14.2 Å². The number of ether oxygens (including phenoxy) is 3. The van der Waals surface area contributed by atoms with Crippen LogP contribution in [0.2, 0.25) is 0 Å². The third-order valence-electron chi connectivity index (χ3n) is 11.4. The van der Waals surface area contributed by atoms with Crippen molar-refractivity contribution in [1.82, 2.24) is 0 Å². The Morgan fingerprint density at radius 1 is 0.625 bits per heavy atom. The fraction of sp³-hybridized carbons (Fsp3) is 0.838. The average molecular weight is 687 g/mol. The normalized spacial score (nSPS) is 24.8. The zero-order chi connectivity index (χ0) is 37.0. The van der Waals surface area contributed by atoms with Crippen LogP contribution in [-0.4, -0.2) is 110 Å². The molecule has 0 aliphatic carbocycles. The summed E-state index contributed by atoms with van der Waals surface area (Å²) in [5.74, 6) is 0.651. The van der Waals surface area contributed by atoms with Gasteiger partial charge in [0.25, 0.3) is 0 Å². The molecule has 1 fully saturated rings. The first-order chi connectivity index (χ1) is 21.9. The van der Waals surface area contributed by atoms with Crippen molar-refractivity contribution in [2.75, 3.05) is 20.3 Å². The van der Waals surface area contributed by atoms with Crippen LogP contribution in [0.3, 0.4) is 0 Å². The molecule has 8 N–H and O–H groups in total. The fourth-order valence-corrected chi connectivity index (χ4v) is 5.86. The smallest absolute Gasteiger partial charge is 0.184 e. The van der Waals surface area contributed by atoms with Crippen molar-refractivity contribution >= 4 is 0 Å². The molecule has 0 aromatic heterocycles. The molecule has 1 unspecified atom stereocenters. The Morgan fingerprint density at radius 2 is 0.979 bits per heavy atom. The van der Waals surface area contributed by atoms with Gasteiger partial charge in [-0.15, -0.1) is 0 Å². The molecule has 0 bridgehead atoms. The first kappa shape index (κ1) is 42.8. The minimum Gasteiger partial charge on any atom is -0.497 e. The van der Waals surface area contributed by atoms with Gasteiger partial charge in [0.15, 0.2) is 6.29 Å². The van der Waals surface area contributed by atoms with Crippen molar-refractivity contribution in [2.45, 2.75) is 150 Å². The van der Waals surface area contributed by atoms with E-state index in [9.17, 15) is 40.9 Å². The van der Waals surface area contributed by atoms with Crippen LogP contribution in [0.1, 0.15) is 107 Å². The van der Waals surface area contributed by atoms with Crippen LogP contribution in [0.25, 0.3) is 0 Å². The molecule has 1 saturated heterocycles. The first-order valence-corrected chi connectivity index (χ1v) is 17.1. The average Bonchev–Trinajstić information content (AvgIpc) is 3.02. The van der Waals surface area contributed by atoms with Crippen LogP contribution in [-0.2, 0) is 9.47 Å². The molecule has 1 aliphatic rings. The second kappa shape index (κ2) is 16.3. The predicted octanol–water partition coefficient (Wildman–Crippen LogP) is 3.32. The summed E-state index contributed by atoms with van der Waals surface area (Å²) < 4.78 is 18.4. The summed E-state index contributed by atoms with van der Waals surface area (Å²) in [6, 6.07) is 7.21. The molecule has 48 heavy (non-hydrogen) atoms. The number of hydrogen-bond donors (Lipinski definition) is 8. The molecule has 280 valence electrons. The van der Waals surface area contributed by atoms with Gasteiger partial charge in [0.05, 0.1) is 69.2 Å². The monoisotopic (exact) mass is 686 g/mol. The Kier molecular flexibility index (Phi) is 14.5. The zero-order valence-electron chi connectivity index (χ0n) is 31.1. The van der Waals surface area contributed by atoms with Gasteiger partial charge in [0.1, 0.15) is 5.75 Å². The number of rotatable bonds is 18. The molecule has 0 radical (unpaired) electrons. The maximum atomic E-state index is 11.6. The van der Waals surface area contributed by atoms with E-state index in [0.29, 0.717) is 11.3 Å². The van der Waals surface area contributed by atoms with Crippen LogP contribution in [0, 0.1) is 27.1 Å².